The van der Waals surface area contributed by atoms with Gasteiger partial charge in [0, 0.05) is 18.7 Å². The lowest BCUT2D eigenvalue weighted by molar-refractivity contribution is 0.0725. The Balaban J connectivity index is 1.54. The summed E-state index contributed by atoms with van der Waals surface area (Å²) in [5.41, 5.74) is 1.49. The van der Waals surface area contributed by atoms with Crippen LogP contribution in [-0.4, -0.2) is 36.6 Å². The Morgan fingerprint density at radius 3 is 2.54 bits per heavy atom. The fraction of sp³-hybridized carbons (Fsp3) is 0.300. The summed E-state index contributed by atoms with van der Waals surface area (Å²) in [6.07, 6.45) is 3.21. The quantitative estimate of drug-likeness (QED) is 0.920. The molecule has 0 atom stereocenters. The van der Waals surface area contributed by atoms with E-state index in [1.165, 1.54) is 0 Å². The summed E-state index contributed by atoms with van der Waals surface area (Å²) in [5, 5.41) is 2.86. The molecule has 0 unspecified atom stereocenters. The number of piperidine rings is 1. The summed E-state index contributed by atoms with van der Waals surface area (Å²) in [5.74, 6) is 0.853. The highest BCUT2D eigenvalue weighted by molar-refractivity contribution is 6.09. The van der Waals surface area contributed by atoms with E-state index in [4.69, 9.17) is 9.47 Å². The number of hydrogen-bond donors (Lipinski definition) is 1. The van der Waals surface area contributed by atoms with Crippen molar-refractivity contribution in [3.05, 3.63) is 53.6 Å². The second-order valence-electron chi connectivity index (χ2n) is 6.42. The number of benzene rings is 2. The smallest absolute Gasteiger partial charge is 0.255 e. The van der Waals surface area contributed by atoms with Crippen LogP contribution in [0.2, 0.25) is 0 Å². The second kappa shape index (κ2) is 7.07. The van der Waals surface area contributed by atoms with Crippen LogP contribution in [0.25, 0.3) is 0 Å². The molecule has 2 aliphatic rings. The maximum absolute atomic E-state index is 12.8. The van der Waals surface area contributed by atoms with E-state index in [0.717, 1.165) is 32.4 Å². The number of carbonyl (C=O) groups is 2. The highest BCUT2D eigenvalue weighted by Crippen LogP contribution is 2.32. The normalized spacial score (nSPS) is 15.6. The Hall–Kier alpha value is -3.02. The first-order valence-electron chi connectivity index (χ1n) is 8.82. The predicted octanol–water partition coefficient (Wildman–Crippen LogP) is 3.29. The van der Waals surface area contributed by atoms with E-state index in [1.54, 1.807) is 30.3 Å². The number of ether oxygens (including phenoxy) is 2. The van der Waals surface area contributed by atoms with Gasteiger partial charge in [-0.05, 0) is 49.6 Å². The minimum absolute atomic E-state index is 0.0358. The monoisotopic (exact) mass is 352 g/mol. The first-order valence-corrected chi connectivity index (χ1v) is 8.82. The summed E-state index contributed by atoms with van der Waals surface area (Å²) in [4.78, 5) is 27.3. The van der Waals surface area contributed by atoms with E-state index < -0.39 is 0 Å². The highest BCUT2D eigenvalue weighted by atomic mass is 16.7. The van der Waals surface area contributed by atoms with E-state index in [-0.39, 0.29) is 18.6 Å². The van der Waals surface area contributed by atoms with Gasteiger partial charge in [0.25, 0.3) is 11.8 Å². The zero-order chi connectivity index (χ0) is 17.9. The lowest BCUT2D eigenvalue weighted by Crippen LogP contribution is -2.36. The first kappa shape index (κ1) is 16.4. The largest absolute Gasteiger partial charge is 0.454 e. The molecule has 4 rings (SSSR count). The highest BCUT2D eigenvalue weighted by Gasteiger charge is 2.22. The molecule has 0 bridgehead atoms. The average Bonchev–Trinajstić information content (AvgIpc) is 3.16. The fourth-order valence-corrected chi connectivity index (χ4v) is 3.28. The Morgan fingerprint density at radius 1 is 0.923 bits per heavy atom. The van der Waals surface area contributed by atoms with Crippen LogP contribution in [0.5, 0.6) is 11.5 Å². The maximum atomic E-state index is 12.8. The van der Waals surface area contributed by atoms with Crippen molar-refractivity contribution in [2.45, 2.75) is 19.3 Å². The van der Waals surface area contributed by atoms with Crippen molar-refractivity contribution in [3.8, 4) is 11.5 Å². The van der Waals surface area contributed by atoms with Crippen molar-refractivity contribution in [3.63, 3.8) is 0 Å². The maximum Gasteiger partial charge on any atom is 0.255 e. The van der Waals surface area contributed by atoms with Gasteiger partial charge in [0.2, 0.25) is 6.79 Å². The average molecular weight is 352 g/mol. The number of nitrogens with zero attached hydrogens (tertiary/aromatic N) is 1. The molecule has 0 radical (unpaired) electrons. The Morgan fingerprint density at radius 2 is 1.69 bits per heavy atom. The lowest BCUT2D eigenvalue weighted by atomic mass is 10.1. The molecule has 6 heteroatoms. The summed E-state index contributed by atoms with van der Waals surface area (Å²) in [6, 6.07) is 12.2. The third kappa shape index (κ3) is 3.22. The number of nitrogens with one attached hydrogen (secondary N) is 1. The molecule has 2 aromatic carbocycles. The van der Waals surface area contributed by atoms with Gasteiger partial charge < -0.3 is 19.7 Å². The molecular weight excluding hydrogens is 332 g/mol. The molecule has 0 saturated carbocycles. The van der Waals surface area contributed by atoms with Crippen LogP contribution in [0.1, 0.15) is 40.0 Å². The van der Waals surface area contributed by atoms with Crippen molar-refractivity contribution in [2.75, 3.05) is 25.2 Å². The Kier molecular flexibility index (Phi) is 4.48. The molecule has 26 heavy (non-hydrogen) atoms. The third-order valence-corrected chi connectivity index (χ3v) is 4.68. The molecule has 134 valence electrons. The molecule has 0 aliphatic carbocycles. The van der Waals surface area contributed by atoms with Crippen molar-refractivity contribution in [1.82, 2.24) is 4.90 Å². The van der Waals surface area contributed by atoms with Crippen LogP contribution in [0.3, 0.4) is 0 Å². The molecule has 1 N–H and O–H groups in total. The van der Waals surface area contributed by atoms with Crippen LogP contribution < -0.4 is 14.8 Å². The van der Waals surface area contributed by atoms with E-state index in [0.29, 0.717) is 28.3 Å². The first-order chi connectivity index (χ1) is 12.7. The van der Waals surface area contributed by atoms with E-state index in [1.807, 2.05) is 17.0 Å². The van der Waals surface area contributed by atoms with E-state index in [2.05, 4.69) is 5.32 Å². The van der Waals surface area contributed by atoms with Gasteiger partial charge in [-0.15, -0.1) is 0 Å². The summed E-state index contributed by atoms with van der Waals surface area (Å²) >= 11 is 0. The van der Waals surface area contributed by atoms with Crippen LogP contribution in [0, 0.1) is 0 Å². The van der Waals surface area contributed by atoms with Crippen LogP contribution in [-0.2, 0) is 0 Å². The van der Waals surface area contributed by atoms with Gasteiger partial charge in [-0.2, -0.15) is 0 Å². The predicted molar refractivity (Wildman–Crippen MR) is 96.7 cm³/mol. The van der Waals surface area contributed by atoms with Crippen molar-refractivity contribution >= 4 is 17.5 Å². The number of carbonyl (C=O) groups excluding carboxylic acids is 2. The molecule has 2 heterocycles. The minimum Gasteiger partial charge on any atom is -0.454 e. The topological polar surface area (TPSA) is 67.9 Å². The van der Waals surface area contributed by atoms with Gasteiger partial charge in [0.05, 0.1) is 11.3 Å². The van der Waals surface area contributed by atoms with Gasteiger partial charge in [0.15, 0.2) is 11.5 Å². The molecule has 2 aromatic rings. The Bertz CT molecular complexity index is 843. The van der Waals surface area contributed by atoms with Gasteiger partial charge in [0.1, 0.15) is 0 Å². The number of hydrogen-bond acceptors (Lipinski definition) is 4. The van der Waals surface area contributed by atoms with Crippen molar-refractivity contribution < 1.29 is 19.1 Å². The van der Waals surface area contributed by atoms with Gasteiger partial charge in [-0.1, -0.05) is 12.1 Å². The van der Waals surface area contributed by atoms with Crippen LogP contribution in [0.15, 0.2) is 42.5 Å². The van der Waals surface area contributed by atoms with Gasteiger partial charge in [-0.3, -0.25) is 9.59 Å². The molecule has 6 nitrogen and oxygen atoms in total. The molecule has 1 saturated heterocycles. The summed E-state index contributed by atoms with van der Waals surface area (Å²) < 4.78 is 10.6. The number of para-hydroxylation sites is 1. The minimum atomic E-state index is -0.290. The number of rotatable bonds is 3. The number of likely N-dealkylation sites (tertiary alicyclic amines) is 1. The van der Waals surface area contributed by atoms with Crippen molar-refractivity contribution in [2.24, 2.45) is 0 Å². The zero-order valence-corrected chi connectivity index (χ0v) is 14.4. The third-order valence-electron chi connectivity index (χ3n) is 4.68. The van der Waals surface area contributed by atoms with E-state index >= 15 is 0 Å². The molecule has 2 amide bonds. The number of anilines is 1. The van der Waals surface area contributed by atoms with Crippen molar-refractivity contribution in [1.29, 1.82) is 0 Å². The van der Waals surface area contributed by atoms with E-state index in [9.17, 15) is 9.59 Å². The Labute approximate surface area is 151 Å². The molecular formula is C20H20N2O4. The van der Waals surface area contributed by atoms with Gasteiger partial charge >= 0.3 is 0 Å². The molecule has 1 fully saturated rings. The number of fused-ring (bicyclic) bond motifs is 1. The standard InChI is InChI=1S/C20H20N2O4/c23-19(14-8-9-17-18(12-14)26-13-25-17)21-16-7-3-2-6-15(16)20(24)22-10-4-1-5-11-22/h2-3,6-9,12H,1,4-5,10-11,13H2,(H,21,23). The zero-order valence-electron chi connectivity index (χ0n) is 14.4. The fourth-order valence-electron chi connectivity index (χ4n) is 3.28. The van der Waals surface area contributed by atoms with Gasteiger partial charge in [-0.25, -0.2) is 0 Å². The SMILES string of the molecule is O=C(Nc1ccccc1C(=O)N1CCCCC1)c1ccc2c(c1)OCO2. The summed E-state index contributed by atoms with van der Waals surface area (Å²) in [7, 11) is 0. The summed E-state index contributed by atoms with van der Waals surface area (Å²) in [6.45, 7) is 1.69. The molecule has 0 spiro atoms. The van der Waals surface area contributed by atoms with Crippen LogP contribution >= 0.6 is 0 Å². The second-order valence-corrected chi connectivity index (χ2v) is 6.42. The lowest BCUT2D eigenvalue weighted by Gasteiger charge is -2.27. The number of amides is 2. The van der Waals surface area contributed by atoms with Crippen LogP contribution in [0.4, 0.5) is 5.69 Å². The molecule has 2 aliphatic heterocycles. The molecule has 0 aromatic heterocycles.